The summed E-state index contributed by atoms with van der Waals surface area (Å²) in [6, 6.07) is 17.1. The first-order valence-corrected chi connectivity index (χ1v) is 9.88. The van der Waals surface area contributed by atoms with E-state index in [1.807, 2.05) is 55.5 Å². The largest absolute Gasteiger partial charge is 0.494 e. The number of hydrogen-bond acceptors (Lipinski definition) is 4. The second-order valence-corrected chi connectivity index (χ2v) is 6.26. The van der Waals surface area contributed by atoms with Crippen molar-refractivity contribution in [2.75, 3.05) is 38.2 Å². The molecule has 2 aromatic carbocycles. The van der Waals surface area contributed by atoms with E-state index in [9.17, 15) is 4.79 Å². The van der Waals surface area contributed by atoms with Crippen molar-refractivity contribution >= 4 is 17.6 Å². The summed E-state index contributed by atoms with van der Waals surface area (Å²) in [5, 5.41) is 9.21. The SMILES string of the molecule is CCNC(=NCCCOc1ccccc1)NCCOc1cccc(NC(C)=O)c1. The van der Waals surface area contributed by atoms with Crippen LogP contribution in [0.15, 0.2) is 59.6 Å². The van der Waals surface area contributed by atoms with E-state index in [1.54, 1.807) is 6.07 Å². The first-order chi connectivity index (χ1) is 14.2. The van der Waals surface area contributed by atoms with E-state index in [2.05, 4.69) is 20.9 Å². The summed E-state index contributed by atoms with van der Waals surface area (Å²) in [7, 11) is 0. The lowest BCUT2D eigenvalue weighted by Gasteiger charge is -2.13. The Labute approximate surface area is 172 Å². The van der Waals surface area contributed by atoms with Crippen LogP contribution in [0, 0.1) is 0 Å². The van der Waals surface area contributed by atoms with Crippen LogP contribution in [0.25, 0.3) is 0 Å². The Morgan fingerprint density at radius 3 is 2.48 bits per heavy atom. The zero-order valence-electron chi connectivity index (χ0n) is 17.1. The normalized spacial score (nSPS) is 10.9. The number of nitrogens with one attached hydrogen (secondary N) is 3. The highest BCUT2D eigenvalue weighted by molar-refractivity contribution is 5.88. The number of ether oxygens (including phenoxy) is 2. The fourth-order valence-corrected chi connectivity index (χ4v) is 2.51. The molecule has 0 aliphatic carbocycles. The van der Waals surface area contributed by atoms with E-state index in [4.69, 9.17) is 9.47 Å². The monoisotopic (exact) mass is 398 g/mol. The molecule has 0 radical (unpaired) electrons. The number of guanidine groups is 1. The molecule has 7 heteroatoms. The Morgan fingerprint density at radius 1 is 0.966 bits per heavy atom. The van der Waals surface area contributed by atoms with Crippen LogP contribution < -0.4 is 25.4 Å². The summed E-state index contributed by atoms with van der Waals surface area (Å²) in [5.74, 6) is 2.23. The number of para-hydroxylation sites is 1. The number of hydrogen-bond donors (Lipinski definition) is 3. The summed E-state index contributed by atoms with van der Waals surface area (Å²) in [6.45, 7) is 6.67. The van der Waals surface area contributed by atoms with Crippen LogP contribution in [0.2, 0.25) is 0 Å². The zero-order valence-corrected chi connectivity index (χ0v) is 17.1. The molecule has 1 amide bonds. The lowest BCUT2D eigenvalue weighted by atomic mass is 10.3. The summed E-state index contributed by atoms with van der Waals surface area (Å²) >= 11 is 0. The van der Waals surface area contributed by atoms with Gasteiger partial charge >= 0.3 is 0 Å². The lowest BCUT2D eigenvalue weighted by Crippen LogP contribution is -2.39. The molecule has 2 rings (SSSR count). The minimum Gasteiger partial charge on any atom is -0.494 e. The van der Waals surface area contributed by atoms with Crippen molar-refractivity contribution in [3.05, 3.63) is 54.6 Å². The van der Waals surface area contributed by atoms with Gasteiger partial charge in [-0.2, -0.15) is 0 Å². The Morgan fingerprint density at radius 2 is 1.72 bits per heavy atom. The van der Waals surface area contributed by atoms with Crippen molar-refractivity contribution in [3.8, 4) is 11.5 Å². The maximum Gasteiger partial charge on any atom is 0.221 e. The van der Waals surface area contributed by atoms with E-state index >= 15 is 0 Å². The highest BCUT2D eigenvalue weighted by atomic mass is 16.5. The van der Waals surface area contributed by atoms with Crippen LogP contribution >= 0.6 is 0 Å². The average Bonchev–Trinajstić information content (AvgIpc) is 2.71. The second-order valence-electron chi connectivity index (χ2n) is 6.26. The third-order valence-electron chi connectivity index (χ3n) is 3.75. The second kappa shape index (κ2) is 13.0. The van der Waals surface area contributed by atoms with Gasteiger partial charge < -0.3 is 25.4 Å². The molecule has 0 atom stereocenters. The first-order valence-electron chi connectivity index (χ1n) is 9.88. The minimum atomic E-state index is -0.107. The van der Waals surface area contributed by atoms with Gasteiger partial charge in [0.2, 0.25) is 5.91 Å². The van der Waals surface area contributed by atoms with E-state index in [0.717, 1.165) is 30.4 Å². The Kier molecular flexibility index (Phi) is 9.93. The Hall–Kier alpha value is -3.22. The summed E-state index contributed by atoms with van der Waals surface area (Å²) in [4.78, 5) is 15.7. The van der Waals surface area contributed by atoms with Crippen LogP contribution in [-0.2, 0) is 4.79 Å². The van der Waals surface area contributed by atoms with Gasteiger partial charge in [-0.1, -0.05) is 24.3 Å². The molecule has 0 aliphatic rings. The third-order valence-corrected chi connectivity index (χ3v) is 3.75. The number of aliphatic imine (C=N–C) groups is 1. The van der Waals surface area contributed by atoms with Crippen molar-refractivity contribution in [1.82, 2.24) is 10.6 Å². The molecular weight excluding hydrogens is 368 g/mol. The van der Waals surface area contributed by atoms with Crippen LogP contribution in [0.5, 0.6) is 11.5 Å². The summed E-state index contributed by atoms with van der Waals surface area (Å²) in [5.41, 5.74) is 0.718. The Bertz CT molecular complexity index is 766. The molecule has 0 saturated carbocycles. The summed E-state index contributed by atoms with van der Waals surface area (Å²) < 4.78 is 11.4. The third kappa shape index (κ3) is 9.51. The number of carbonyl (C=O) groups is 1. The van der Waals surface area contributed by atoms with E-state index in [-0.39, 0.29) is 5.91 Å². The molecule has 0 spiro atoms. The molecule has 0 bridgehead atoms. The van der Waals surface area contributed by atoms with Gasteiger partial charge in [0, 0.05) is 38.2 Å². The maximum atomic E-state index is 11.1. The predicted molar refractivity (Wildman–Crippen MR) is 117 cm³/mol. The van der Waals surface area contributed by atoms with Gasteiger partial charge in [0.05, 0.1) is 13.2 Å². The molecule has 0 fully saturated rings. The quantitative estimate of drug-likeness (QED) is 0.308. The number of nitrogens with zero attached hydrogens (tertiary/aromatic N) is 1. The molecule has 0 saturated heterocycles. The number of anilines is 1. The number of amides is 1. The van der Waals surface area contributed by atoms with Gasteiger partial charge in [0.1, 0.15) is 18.1 Å². The topological polar surface area (TPSA) is 84.0 Å². The van der Waals surface area contributed by atoms with Crippen molar-refractivity contribution < 1.29 is 14.3 Å². The van der Waals surface area contributed by atoms with Crippen LogP contribution in [0.1, 0.15) is 20.3 Å². The van der Waals surface area contributed by atoms with E-state index < -0.39 is 0 Å². The molecule has 29 heavy (non-hydrogen) atoms. The zero-order chi connectivity index (χ0) is 20.7. The van der Waals surface area contributed by atoms with Gasteiger partial charge in [0.15, 0.2) is 5.96 Å². The Balaban J connectivity index is 1.67. The van der Waals surface area contributed by atoms with Crippen molar-refractivity contribution in [1.29, 1.82) is 0 Å². The van der Waals surface area contributed by atoms with Gasteiger partial charge in [-0.3, -0.25) is 9.79 Å². The number of benzene rings is 2. The highest BCUT2D eigenvalue weighted by Gasteiger charge is 2.00. The fraction of sp³-hybridized carbons (Fsp3) is 0.364. The van der Waals surface area contributed by atoms with Crippen molar-refractivity contribution in [3.63, 3.8) is 0 Å². The molecular formula is C22H30N4O3. The molecule has 0 unspecified atom stereocenters. The molecule has 0 heterocycles. The number of rotatable bonds is 11. The molecule has 156 valence electrons. The van der Waals surface area contributed by atoms with Crippen LogP contribution in [-0.4, -0.2) is 44.7 Å². The lowest BCUT2D eigenvalue weighted by molar-refractivity contribution is -0.114. The molecule has 0 aliphatic heterocycles. The molecule has 7 nitrogen and oxygen atoms in total. The van der Waals surface area contributed by atoms with Crippen molar-refractivity contribution in [2.24, 2.45) is 4.99 Å². The first kappa shape index (κ1) is 22.1. The van der Waals surface area contributed by atoms with Gasteiger partial charge in [-0.25, -0.2) is 0 Å². The summed E-state index contributed by atoms with van der Waals surface area (Å²) in [6.07, 6.45) is 0.831. The van der Waals surface area contributed by atoms with E-state index in [0.29, 0.717) is 32.1 Å². The average molecular weight is 399 g/mol. The fourth-order valence-electron chi connectivity index (χ4n) is 2.51. The molecule has 2 aromatic rings. The molecule has 0 aromatic heterocycles. The van der Waals surface area contributed by atoms with Gasteiger partial charge in [0.25, 0.3) is 0 Å². The predicted octanol–water partition coefficient (Wildman–Crippen LogP) is 3.05. The van der Waals surface area contributed by atoms with Crippen molar-refractivity contribution in [2.45, 2.75) is 20.3 Å². The standard InChI is InChI=1S/C22H30N4O3/c1-3-23-22(24-13-8-15-28-20-10-5-4-6-11-20)25-14-16-29-21-12-7-9-19(17-21)26-18(2)27/h4-7,9-12,17H,3,8,13-16H2,1-2H3,(H,26,27)(H2,23,24,25). The van der Waals surface area contributed by atoms with Gasteiger partial charge in [-0.05, 0) is 31.2 Å². The highest BCUT2D eigenvalue weighted by Crippen LogP contribution is 2.17. The van der Waals surface area contributed by atoms with Crippen LogP contribution in [0.4, 0.5) is 5.69 Å². The van der Waals surface area contributed by atoms with Crippen LogP contribution in [0.3, 0.4) is 0 Å². The smallest absolute Gasteiger partial charge is 0.221 e. The van der Waals surface area contributed by atoms with E-state index in [1.165, 1.54) is 6.92 Å². The number of carbonyl (C=O) groups excluding carboxylic acids is 1. The minimum absolute atomic E-state index is 0.107. The molecule has 3 N–H and O–H groups in total. The maximum absolute atomic E-state index is 11.1. The van der Waals surface area contributed by atoms with Gasteiger partial charge in [-0.15, -0.1) is 0 Å².